The van der Waals surface area contributed by atoms with Gasteiger partial charge in [0.1, 0.15) is 9.88 Å². The quantitative estimate of drug-likeness (QED) is 0.716. The number of aromatic nitrogens is 1. The van der Waals surface area contributed by atoms with Crippen LogP contribution < -0.4 is 14.8 Å². The molecular formula is C19H21N3O6S. The average molecular weight is 419 g/mol. The van der Waals surface area contributed by atoms with Gasteiger partial charge >= 0.3 is 12.0 Å². The number of benzene rings is 1. The third-order valence-electron chi connectivity index (χ3n) is 4.37. The number of urea groups is 1. The summed E-state index contributed by atoms with van der Waals surface area (Å²) in [6.07, 6.45) is -1.09. The highest BCUT2D eigenvalue weighted by atomic mass is 32.1. The predicted molar refractivity (Wildman–Crippen MR) is 105 cm³/mol. The van der Waals surface area contributed by atoms with Gasteiger partial charge < -0.3 is 19.5 Å². The van der Waals surface area contributed by atoms with Crippen LogP contribution in [-0.2, 0) is 9.53 Å². The van der Waals surface area contributed by atoms with Gasteiger partial charge in [0.2, 0.25) is 0 Å². The molecule has 1 fully saturated rings. The second kappa shape index (κ2) is 8.48. The van der Waals surface area contributed by atoms with Gasteiger partial charge in [0.15, 0.2) is 17.6 Å². The van der Waals surface area contributed by atoms with E-state index in [0.717, 1.165) is 21.8 Å². The number of hydrogen-bond acceptors (Lipinski definition) is 8. The van der Waals surface area contributed by atoms with Crippen LogP contribution in [0, 0.1) is 6.92 Å². The number of aryl methyl sites for hydroxylation is 1. The Kier molecular flexibility index (Phi) is 6.02. The van der Waals surface area contributed by atoms with Crippen molar-refractivity contribution in [2.45, 2.75) is 20.0 Å². The number of ether oxygens (including phenoxy) is 3. The molecular weight excluding hydrogens is 398 g/mol. The van der Waals surface area contributed by atoms with E-state index in [9.17, 15) is 14.4 Å². The van der Waals surface area contributed by atoms with Gasteiger partial charge in [-0.05, 0) is 32.0 Å². The van der Waals surface area contributed by atoms with E-state index >= 15 is 0 Å². The Morgan fingerprint density at radius 1 is 1.24 bits per heavy atom. The van der Waals surface area contributed by atoms with Crippen molar-refractivity contribution in [1.29, 1.82) is 0 Å². The van der Waals surface area contributed by atoms with Crippen molar-refractivity contribution in [2.75, 3.05) is 27.3 Å². The molecule has 0 spiro atoms. The first-order valence-electron chi connectivity index (χ1n) is 8.85. The maximum absolute atomic E-state index is 12.6. The van der Waals surface area contributed by atoms with Crippen LogP contribution in [0.5, 0.6) is 11.5 Å². The van der Waals surface area contributed by atoms with Crippen LogP contribution in [-0.4, -0.2) is 61.2 Å². The second-order valence-electron chi connectivity index (χ2n) is 6.27. The number of nitrogens with zero attached hydrogens (tertiary/aromatic N) is 2. The van der Waals surface area contributed by atoms with E-state index in [2.05, 4.69) is 10.3 Å². The number of amides is 3. The lowest BCUT2D eigenvalue weighted by Crippen LogP contribution is -2.41. The van der Waals surface area contributed by atoms with Crippen LogP contribution in [0.4, 0.5) is 4.79 Å². The fraction of sp³-hybridized carbons (Fsp3) is 0.368. The summed E-state index contributed by atoms with van der Waals surface area (Å²) < 4.78 is 15.8. The Hall–Kier alpha value is -3.14. The highest BCUT2D eigenvalue weighted by molar-refractivity contribution is 7.17. The van der Waals surface area contributed by atoms with Crippen molar-refractivity contribution in [1.82, 2.24) is 15.2 Å². The standard InChI is InChI=1S/C19H21N3O6S/c1-10-15(18(24)28-11(2)17(23)22-8-7-20-19(22)25)29-16(21-10)12-5-6-13(26-3)14(9-12)27-4/h5-6,9,11H,7-8H2,1-4H3,(H,20,25). The fourth-order valence-electron chi connectivity index (χ4n) is 2.84. The summed E-state index contributed by atoms with van der Waals surface area (Å²) in [5.74, 6) is -0.0876. The minimum atomic E-state index is -1.09. The second-order valence-corrected chi connectivity index (χ2v) is 7.27. The van der Waals surface area contributed by atoms with Crippen molar-refractivity contribution < 1.29 is 28.6 Å². The molecule has 0 aliphatic carbocycles. The number of rotatable bonds is 6. The van der Waals surface area contributed by atoms with E-state index < -0.39 is 24.0 Å². The molecule has 154 valence electrons. The molecule has 3 amide bonds. The largest absolute Gasteiger partial charge is 0.493 e. The van der Waals surface area contributed by atoms with Crippen molar-refractivity contribution >= 4 is 29.2 Å². The lowest BCUT2D eigenvalue weighted by atomic mass is 10.2. The minimum Gasteiger partial charge on any atom is -0.493 e. The first-order chi connectivity index (χ1) is 13.8. The number of nitrogens with one attached hydrogen (secondary N) is 1. The Balaban J connectivity index is 1.76. The van der Waals surface area contributed by atoms with Crippen molar-refractivity contribution in [3.05, 3.63) is 28.8 Å². The zero-order valence-corrected chi connectivity index (χ0v) is 17.3. The van der Waals surface area contributed by atoms with E-state index in [1.807, 2.05) is 6.07 Å². The molecule has 1 aliphatic heterocycles. The Morgan fingerprint density at radius 2 is 1.97 bits per heavy atom. The molecule has 1 unspecified atom stereocenters. The van der Waals surface area contributed by atoms with E-state index in [1.54, 1.807) is 26.2 Å². The number of imide groups is 1. The molecule has 29 heavy (non-hydrogen) atoms. The summed E-state index contributed by atoms with van der Waals surface area (Å²) in [5, 5.41) is 3.14. The number of methoxy groups -OCH3 is 2. The molecule has 2 heterocycles. The Morgan fingerprint density at radius 3 is 2.59 bits per heavy atom. The topological polar surface area (TPSA) is 107 Å². The third-order valence-corrected chi connectivity index (χ3v) is 5.55. The lowest BCUT2D eigenvalue weighted by molar-refractivity contribution is -0.136. The lowest BCUT2D eigenvalue weighted by Gasteiger charge is -2.17. The van der Waals surface area contributed by atoms with Gasteiger partial charge in [-0.25, -0.2) is 14.6 Å². The number of esters is 1. The van der Waals surface area contributed by atoms with Crippen molar-refractivity contribution in [2.24, 2.45) is 0 Å². The van der Waals surface area contributed by atoms with Gasteiger partial charge in [-0.1, -0.05) is 0 Å². The zero-order valence-electron chi connectivity index (χ0n) is 16.5. The fourth-order valence-corrected chi connectivity index (χ4v) is 3.79. The first kappa shape index (κ1) is 20.6. The van der Waals surface area contributed by atoms with Gasteiger partial charge in [-0.3, -0.25) is 9.69 Å². The summed E-state index contributed by atoms with van der Waals surface area (Å²) in [6.45, 7) is 3.77. The molecule has 1 aliphatic rings. The number of hydrogen-bond donors (Lipinski definition) is 1. The van der Waals surface area contributed by atoms with Crippen LogP contribution in [0.15, 0.2) is 18.2 Å². The maximum atomic E-state index is 12.6. The number of thiazole rings is 1. The molecule has 0 radical (unpaired) electrons. The maximum Gasteiger partial charge on any atom is 0.351 e. The zero-order chi connectivity index (χ0) is 21.1. The molecule has 0 saturated carbocycles. The monoisotopic (exact) mass is 419 g/mol. The van der Waals surface area contributed by atoms with E-state index in [0.29, 0.717) is 33.6 Å². The number of carbonyl (C=O) groups is 3. The highest BCUT2D eigenvalue weighted by Crippen LogP contribution is 2.35. The van der Waals surface area contributed by atoms with Crippen LogP contribution >= 0.6 is 11.3 Å². The summed E-state index contributed by atoms with van der Waals surface area (Å²) in [7, 11) is 3.09. The minimum absolute atomic E-state index is 0.253. The normalized spacial score (nSPS) is 14.3. The summed E-state index contributed by atoms with van der Waals surface area (Å²) in [4.78, 5) is 42.3. The SMILES string of the molecule is COc1ccc(-c2nc(C)c(C(=O)OC(C)C(=O)N3CCNC3=O)s2)cc1OC. The van der Waals surface area contributed by atoms with E-state index in [-0.39, 0.29) is 6.54 Å². The van der Waals surface area contributed by atoms with Crippen LogP contribution in [0.25, 0.3) is 10.6 Å². The van der Waals surface area contributed by atoms with Gasteiger partial charge in [-0.15, -0.1) is 11.3 Å². The van der Waals surface area contributed by atoms with Gasteiger partial charge in [0.25, 0.3) is 5.91 Å². The Labute approximate surface area is 171 Å². The summed E-state index contributed by atoms with van der Waals surface area (Å²) in [5.41, 5.74) is 1.25. The summed E-state index contributed by atoms with van der Waals surface area (Å²) in [6, 6.07) is 4.85. The van der Waals surface area contributed by atoms with Crippen LogP contribution in [0.3, 0.4) is 0 Å². The van der Waals surface area contributed by atoms with Gasteiger partial charge in [0, 0.05) is 18.7 Å². The molecule has 2 aromatic rings. The van der Waals surface area contributed by atoms with Gasteiger partial charge in [-0.2, -0.15) is 0 Å². The van der Waals surface area contributed by atoms with Crippen LogP contribution in [0.1, 0.15) is 22.3 Å². The van der Waals surface area contributed by atoms with Gasteiger partial charge in [0.05, 0.1) is 19.9 Å². The molecule has 1 aromatic carbocycles. The smallest absolute Gasteiger partial charge is 0.351 e. The number of carbonyl (C=O) groups excluding carboxylic acids is 3. The van der Waals surface area contributed by atoms with Crippen molar-refractivity contribution in [3.8, 4) is 22.1 Å². The molecule has 3 rings (SSSR count). The average Bonchev–Trinajstić information content (AvgIpc) is 3.32. The van der Waals surface area contributed by atoms with Crippen molar-refractivity contribution in [3.63, 3.8) is 0 Å². The van der Waals surface area contributed by atoms with E-state index in [1.165, 1.54) is 14.0 Å². The van der Waals surface area contributed by atoms with E-state index in [4.69, 9.17) is 14.2 Å². The molecule has 1 atom stereocenters. The first-order valence-corrected chi connectivity index (χ1v) is 9.67. The highest BCUT2D eigenvalue weighted by Gasteiger charge is 2.32. The predicted octanol–water partition coefficient (Wildman–Crippen LogP) is 2.23. The summed E-state index contributed by atoms with van der Waals surface area (Å²) >= 11 is 1.15. The molecule has 0 bridgehead atoms. The van der Waals surface area contributed by atoms with Crippen LogP contribution in [0.2, 0.25) is 0 Å². The molecule has 9 nitrogen and oxygen atoms in total. The third kappa shape index (κ3) is 4.16. The molecule has 1 saturated heterocycles. The molecule has 1 aromatic heterocycles. The molecule has 1 N–H and O–H groups in total. The molecule has 10 heteroatoms. The Bertz CT molecular complexity index is 957.